The van der Waals surface area contributed by atoms with Gasteiger partial charge in [0, 0.05) is 36.8 Å². The predicted molar refractivity (Wildman–Crippen MR) is 162 cm³/mol. The van der Waals surface area contributed by atoms with E-state index in [1.54, 1.807) is 28.9 Å². The van der Waals surface area contributed by atoms with Gasteiger partial charge in [0.2, 0.25) is 5.88 Å². The van der Waals surface area contributed by atoms with Crippen molar-refractivity contribution in [3.05, 3.63) is 72.6 Å². The van der Waals surface area contributed by atoms with Crippen molar-refractivity contribution < 1.29 is 18.3 Å². The molecule has 226 valence electrons. The number of alkyl halides is 2. The average Bonchev–Trinajstić information content (AvgIpc) is 3.48. The molecule has 0 aliphatic carbocycles. The van der Waals surface area contributed by atoms with E-state index < -0.39 is 12.0 Å². The normalized spacial score (nSPS) is 18.7. The Kier molecular flexibility index (Phi) is 7.26. The minimum absolute atomic E-state index is 0.204. The Morgan fingerprint density at radius 3 is 2.80 bits per heavy atom. The number of benzene rings is 2. The second kappa shape index (κ2) is 11.4. The third-order valence-electron chi connectivity index (χ3n) is 7.95. The SMILES string of the molecule is Cc1cc(Nc2ncnc3ccc(C4=CCNCC4)c(O[C@@H]4CCN(C)CC4(F)F)c23)ccc1Oc1cc2ncnn2cn1. The molecule has 1 atom stereocenters. The van der Waals surface area contributed by atoms with Gasteiger partial charge in [-0.15, -0.1) is 0 Å². The van der Waals surface area contributed by atoms with Gasteiger partial charge in [-0.05, 0) is 68.4 Å². The Morgan fingerprint density at radius 2 is 1.98 bits per heavy atom. The number of fused-ring (bicyclic) bond motifs is 2. The first-order valence-corrected chi connectivity index (χ1v) is 14.5. The van der Waals surface area contributed by atoms with Crippen LogP contribution in [-0.2, 0) is 0 Å². The predicted octanol–water partition coefficient (Wildman–Crippen LogP) is 5.01. The molecule has 2 aliphatic heterocycles. The van der Waals surface area contributed by atoms with E-state index in [0.29, 0.717) is 52.8 Å². The summed E-state index contributed by atoms with van der Waals surface area (Å²) in [6.45, 7) is 3.57. The number of rotatable bonds is 7. The summed E-state index contributed by atoms with van der Waals surface area (Å²) in [6, 6.07) is 11.1. The zero-order valence-corrected chi connectivity index (χ0v) is 24.3. The van der Waals surface area contributed by atoms with Crippen LogP contribution in [0.3, 0.4) is 0 Å². The molecule has 2 aliphatic rings. The molecule has 0 bridgehead atoms. The molecule has 0 radical (unpaired) electrons. The molecule has 13 heteroatoms. The van der Waals surface area contributed by atoms with Crippen LogP contribution in [0.25, 0.3) is 22.1 Å². The highest BCUT2D eigenvalue weighted by molar-refractivity contribution is 5.99. The summed E-state index contributed by atoms with van der Waals surface area (Å²) >= 11 is 0. The number of aryl methyl sites for hydroxylation is 1. The smallest absolute Gasteiger partial charge is 0.296 e. The molecule has 3 aromatic heterocycles. The second-order valence-electron chi connectivity index (χ2n) is 11.1. The molecule has 2 aromatic carbocycles. The summed E-state index contributed by atoms with van der Waals surface area (Å²) in [5, 5.41) is 11.3. The lowest BCUT2D eigenvalue weighted by Gasteiger charge is -2.37. The van der Waals surface area contributed by atoms with Crippen LogP contribution in [0.5, 0.6) is 17.4 Å². The van der Waals surface area contributed by atoms with Gasteiger partial charge >= 0.3 is 0 Å². The Labute approximate surface area is 252 Å². The quantitative estimate of drug-likeness (QED) is 0.265. The third-order valence-corrected chi connectivity index (χ3v) is 7.95. The van der Waals surface area contributed by atoms with Gasteiger partial charge in [0.25, 0.3) is 5.92 Å². The van der Waals surface area contributed by atoms with Crippen LogP contribution in [0, 0.1) is 6.92 Å². The fraction of sp³-hybridized carbons (Fsp3) is 0.323. The third kappa shape index (κ3) is 5.51. The Balaban J connectivity index is 1.24. The van der Waals surface area contributed by atoms with E-state index in [0.717, 1.165) is 35.4 Å². The lowest BCUT2D eigenvalue weighted by molar-refractivity contribution is -0.134. The van der Waals surface area contributed by atoms with E-state index in [4.69, 9.17) is 9.47 Å². The monoisotopic (exact) mass is 599 g/mol. The Hall–Kier alpha value is -4.75. The van der Waals surface area contributed by atoms with Crippen molar-refractivity contribution in [2.45, 2.75) is 31.8 Å². The van der Waals surface area contributed by atoms with Crippen molar-refractivity contribution in [1.29, 1.82) is 0 Å². The molecule has 1 fully saturated rings. The number of ether oxygens (including phenoxy) is 2. The van der Waals surface area contributed by atoms with Crippen molar-refractivity contribution in [3.63, 3.8) is 0 Å². The van der Waals surface area contributed by atoms with E-state index in [2.05, 4.69) is 41.7 Å². The van der Waals surface area contributed by atoms with E-state index in [9.17, 15) is 0 Å². The molecule has 0 spiro atoms. The van der Waals surface area contributed by atoms with Crippen molar-refractivity contribution in [2.75, 3.05) is 38.5 Å². The number of hydrogen-bond acceptors (Lipinski definition) is 10. The van der Waals surface area contributed by atoms with Gasteiger partial charge in [0.05, 0.1) is 17.4 Å². The molecule has 5 aromatic rings. The largest absolute Gasteiger partial charge is 0.483 e. The Morgan fingerprint density at radius 1 is 1.07 bits per heavy atom. The molecule has 0 saturated carbocycles. The van der Waals surface area contributed by atoms with Crippen molar-refractivity contribution >= 4 is 33.6 Å². The standard InChI is InChI=1S/C31H31F2N9O2/c1-19-13-21(3-6-24(19)43-27-14-26-36-17-39-42(26)18-38-27)40-30-28-23(35-16-37-30)5-4-22(20-7-10-34-11-8-20)29(28)44-25-9-12-41(2)15-31(25,32)33/h3-7,13-14,16-18,25,34H,8-12,15H2,1-2H3,(H,35,37,40)/t25-/m1/s1. The second-order valence-corrected chi connectivity index (χ2v) is 11.1. The fourth-order valence-corrected chi connectivity index (χ4v) is 5.69. The van der Waals surface area contributed by atoms with Gasteiger partial charge in [-0.3, -0.25) is 0 Å². The molecule has 44 heavy (non-hydrogen) atoms. The molecule has 0 amide bonds. The minimum atomic E-state index is -3.02. The van der Waals surface area contributed by atoms with E-state index >= 15 is 8.78 Å². The lowest BCUT2D eigenvalue weighted by atomic mass is 9.96. The number of nitrogens with one attached hydrogen (secondary N) is 2. The molecular weight excluding hydrogens is 568 g/mol. The van der Waals surface area contributed by atoms with Crippen LogP contribution in [0.2, 0.25) is 0 Å². The highest BCUT2D eigenvalue weighted by atomic mass is 19.3. The van der Waals surface area contributed by atoms with Crippen molar-refractivity contribution in [1.82, 2.24) is 39.8 Å². The van der Waals surface area contributed by atoms with E-state index in [-0.39, 0.29) is 13.0 Å². The zero-order valence-electron chi connectivity index (χ0n) is 24.3. The average molecular weight is 600 g/mol. The van der Waals surface area contributed by atoms with Gasteiger partial charge in [-0.25, -0.2) is 33.2 Å². The summed E-state index contributed by atoms with van der Waals surface area (Å²) in [4.78, 5) is 19.1. The zero-order chi connectivity index (χ0) is 30.3. The number of hydrogen-bond donors (Lipinski definition) is 2. The molecule has 0 unspecified atom stereocenters. The van der Waals surface area contributed by atoms with Crippen LogP contribution in [-0.4, -0.2) is 79.7 Å². The van der Waals surface area contributed by atoms with E-state index in [1.807, 2.05) is 37.3 Å². The summed E-state index contributed by atoms with van der Waals surface area (Å²) in [6.07, 6.45) is 6.21. The molecule has 7 rings (SSSR count). The number of anilines is 2. The van der Waals surface area contributed by atoms with Crippen LogP contribution in [0.15, 0.2) is 61.5 Å². The maximum absolute atomic E-state index is 15.3. The first-order chi connectivity index (χ1) is 21.3. The summed E-state index contributed by atoms with van der Waals surface area (Å²) in [7, 11) is 1.70. The lowest BCUT2D eigenvalue weighted by Crippen LogP contribution is -2.52. The maximum atomic E-state index is 15.3. The highest BCUT2D eigenvalue weighted by Crippen LogP contribution is 2.42. The number of likely N-dealkylation sites (tertiary alicyclic amines) is 1. The first kappa shape index (κ1) is 28.0. The summed E-state index contributed by atoms with van der Waals surface area (Å²) in [5.74, 6) is -1.17. The van der Waals surface area contributed by atoms with Crippen LogP contribution in [0.1, 0.15) is 24.0 Å². The van der Waals surface area contributed by atoms with Crippen LogP contribution < -0.4 is 20.1 Å². The highest BCUT2D eigenvalue weighted by Gasteiger charge is 2.46. The number of halogens is 2. The number of piperidine rings is 1. The number of nitrogens with zero attached hydrogens (tertiary/aromatic N) is 7. The van der Waals surface area contributed by atoms with Crippen LogP contribution in [0.4, 0.5) is 20.3 Å². The Bertz CT molecular complexity index is 1880. The van der Waals surface area contributed by atoms with Gasteiger partial charge in [-0.1, -0.05) is 6.08 Å². The molecule has 11 nitrogen and oxygen atoms in total. The van der Waals surface area contributed by atoms with Gasteiger partial charge in [0.15, 0.2) is 11.8 Å². The van der Waals surface area contributed by atoms with Crippen molar-refractivity contribution in [3.8, 4) is 17.4 Å². The van der Waals surface area contributed by atoms with E-state index in [1.165, 1.54) is 12.7 Å². The first-order valence-electron chi connectivity index (χ1n) is 14.5. The van der Waals surface area contributed by atoms with Gasteiger partial charge in [-0.2, -0.15) is 5.10 Å². The molecule has 2 N–H and O–H groups in total. The molecule has 1 saturated heterocycles. The minimum Gasteiger partial charge on any atom is -0.483 e. The van der Waals surface area contributed by atoms with Crippen LogP contribution >= 0.6 is 0 Å². The fourth-order valence-electron chi connectivity index (χ4n) is 5.69. The topological polar surface area (TPSA) is 115 Å². The maximum Gasteiger partial charge on any atom is 0.296 e. The van der Waals surface area contributed by atoms with Crippen molar-refractivity contribution in [2.24, 2.45) is 0 Å². The summed E-state index contributed by atoms with van der Waals surface area (Å²) in [5.41, 5.74) is 4.62. The molecular formula is C31H31F2N9O2. The summed E-state index contributed by atoms with van der Waals surface area (Å²) < 4.78 is 44.4. The number of aromatic nitrogens is 6. The van der Waals surface area contributed by atoms with Gasteiger partial charge < -0.3 is 25.0 Å². The van der Waals surface area contributed by atoms with Gasteiger partial charge in [0.1, 0.15) is 36.3 Å². The molecule has 5 heterocycles.